The second-order valence-electron chi connectivity index (χ2n) is 8.44. The number of nitrogens with zero attached hydrogens (tertiary/aromatic N) is 1. The van der Waals surface area contributed by atoms with Gasteiger partial charge >= 0.3 is 0 Å². The molecule has 1 fully saturated rings. The largest absolute Gasteiger partial charge is 0.508 e. The summed E-state index contributed by atoms with van der Waals surface area (Å²) >= 11 is 1.78. The molecule has 6 heteroatoms. The van der Waals surface area contributed by atoms with E-state index in [1.54, 1.807) is 23.9 Å². The number of phenolic OH excluding ortho intramolecular Hbond substituents is 1. The molecule has 0 amide bonds. The third-order valence-electron chi connectivity index (χ3n) is 6.17. The number of phenols is 1. The lowest BCUT2D eigenvalue weighted by Gasteiger charge is -2.34. The zero-order chi connectivity index (χ0) is 21.8. The van der Waals surface area contributed by atoms with E-state index in [9.17, 15) is 5.11 Å². The third-order valence-corrected chi connectivity index (χ3v) is 7.54. The van der Waals surface area contributed by atoms with E-state index in [0.29, 0.717) is 6.61 Å². The predicted octanol–water partition coefficient (Wildman–Crippen LogP) is 6.65. The topological polar surface area (TPSA) is 41.9 Å². The Morgan fingerprint density at radius 2 is 1.67 bits per heavy atom. The second-order valence-corrected chi connectivity index (χ2v) is 9.62. The van der Waals surface area contributed by atoms with Crippen molar-refractivity contribution in [3.63, 3.8) is 0 Å². The van der Waals surface area contributed by atoms with Crippen molar-refractivity contribution < 1.29 is 14.6 Å². The number of piperidine rings is 1. The number of benzene rings is 3. The van der Waals surface area contributed by atoms with Crippen molar-refractivity contribution in [1.82, 2.24) is 4.90 Å². The minimum Gasteiger partial charge on any atom is -0.508 e. The highest BCUT2D eigenvalue weighted by atomic mass is 35.5. The fraction of sp³-hybridized carbons (Fsp3) is 0.333. The van der Waals surface area contributed by atoms with Gasteiger partial charge in [-0.25, -0.2) is 0 Å². The summed E-state index contributed by atoms with van der Waals surface area (Å²) in [6, 6.07) is 24.1. The molecule has 1 N–H and O–H groups in total. The molecule has 3 aromatic carbocycles. The van der Waals surface area contributed by atoms with Crippen molar-refractivity contribution in [2.45, 2.75) is 35.5 Å². The maximum absolute atomic E-state index is 9.93. The number of rotatable bonds is 6. The smallest absolute Gasteiger partial charge is 0.140 e. The molecule has 0 aliphatic carbocycles. The van der Waals surface area contributed by atoms with Gasteiger partial charge in [0.1, 0.15) is 30.0 Å². The first kappa shape index (κ1) is 23.8. The van der Waals surface area contributed by atoms with Crippen LogP contribution >= 0.6 is 24.2 Å². The molecule has 0 radical (unpaired) electrons. The minimum atomic E-state index is -0.154. The van der Waals surface area contributed by atoms with Gasteiger partial charge in [-0.3, -0.25) is 4.90 Å². The molecular weight excluding hydrogens is 454 g/mol. The number of hydrogen-bond donors (Lipinski definition) is 1. The van der Waals surface area contributed by atoms with Crippen molar-refractivity contribution in [2.75, 3.05) is 26.2 Å². The van der Waals surface area contributed by atoms with E-state index in [4.69, 9.17) is 9.47 Å². The van der Waals surface area contributed by atoms with Crippen LogP contribution in [-0.2, 0) is 0 Å². The van der Waals surface area contributed by atoms with Crippen LogP contribution in [0.3, 0.4) is 0 Å². The van der Waals surface area contributed by atoms with E-state index in [1.165, 1.54) is 37.9 Å². The lowest BCUT2D eigenvalue weighted by molar-refractivity contribution is 0.182. The summed E-state index contributed by atoms with van der Waals surface area (Å²) in [6.07, 6.45) is 3.81. The molecule has 2 atom stereocenters. The second kappa shape index (κ2) is 11.2. The fourth-order valence-corrected chi connectivity index (χ4v) is 5.71. The van der Waals surface area contributed by atoms with E-state index in [2.05, 4.69) is 41.3 Å². The molecule has 3 aromatic rings. The number of thioether (sulfide) groups is 1. The summed E-state index contributed by atoms with van der Waals surface area (Å²) in [5.74, 6) is 1.84. The number of fused-ring (bicyclic) bond motifs is 1. The van der Waals surface area contributed by atoms with E-state index >= 15 is 0 Å². The van der Waals surface area contributed by atoms with Crippen LogP contribution in [0, 0.1) is 0 Å². The van der Waals surface area contributed by atoms with E-state index < -0.39 is 0 Å². The number of ether oxygens (including phenoxy) is 2. The molecule has 0 bridgehead atoms. The van der Waals surface area contributed by atoms with Crippen molar-refractivity contribution >= 4 is 24.2 Å². The van der Waals surface area contributed by atoms with Gasteiger partial charge < -0.3 is 14.6 Å². The number of halogens is 1. The number of hydrogen-bond acceptors (Lipinski definition) is 5. The van der Waals surface area contributed by atoms with Gasteiger partial charge in [0.15, 0.2) is 0 Å². The lowest BCUT2D eigenvalue weighted by Crippen LogP contribution is -2.33. The first-order valence-corrected chi connectivity index (χ1v) is 12.3. The lowest BCUT2D eigenvalue weighted by atomic mass is 10.00. The van der Waals surface area contributed by atoms with Crippen molar-refractivity contribution in [3.05, 3.63) is 83.9 Å². The predicted molar refractivity (Wildman–Crippen MR) is 136 cm³/mol. The zero-order valence-corrected chi connectivity index (χ0v) is 20.2. The van der Waals surface area contributed by atoms with Crippen LogP contribution in [0.15, 0.2) is 77.7 Å². The minimum absolute atomic E-state index is 0. The van der Waals surface area contributed by atoms with Gasteiger partial charge in [-0.2, -0.15) is 0 Å². The van der Waals surface area contributed by atoms with Gasteiger partial charge in [0, 0.05) is 12.6 Å². The summed E-state index contributed by atoms with van der Waals surface area (Å²) < 4.78 is 12.5. The zero-order valence-electron chi connectivity index (χ0n) is 18.6. The first-order chi connectivity index (χ1) is 15.8. The van der Waals surface area contributed by atoms with E-state index in [1.807, 2.05) is 24.3 Å². The molecule has 174 valence electrons. The fourth-order valence-electron chi connectivity index (χ4n) is 4.44. The van der Waals surface area contributed by atoms with Crippen LogP contribution in [0.4, 0.5) is 0 Å². The third kappa shape index (κ3) is 5.78. The summed E-state index contributed by atoms with van der Waals surface area (Å²) in [7, 11) is 0. The van der Waals surface area contributed by atoms with Crippen molar-refractivity contribution in [2.24, 2.45) is 0 Å². The van der Waals surface area contributed by atoms with Gasteiger partial charge in [0.2, 0.25) is 0 Å². The molecule has 0 saturated carbocycles. The van der Waals surface area contributed by atoms with Crippen molar-refractivity contribution in [3.8, 4) is 17.2 Å². The monoisotopic (exact) mass is 483 g/mol. The maximum atomic E-state index is 9.93. The molecular formula is C27H30ClNO3S. The van der Waals surface area contributed by atoms with Crippen LogP contribution < -0.4 is 9.47 Å². The Labute approximate surface area is 206 Å². The molecule has 4 nitrogen and oxygen atoms in total. The molecule has 2 aliphatic heterocycles. The Morgan fingerprint density at radius 1 is 0.909 bits per heavy atom. The highest BCUT2D eigenvalue weighted by Gasteiger charge is 2.33. The number of aromatic hydroxyl groups is 1. The standard InChI is InChI=1S/C27H29NO3S.ClH/c29-22-11-14-25-24(19-22)31-26(27(32-25)21-7-3-1-4-8-21)20-9-12-23(13-10-20)30-18-17-28-15-5-2-6-16-28;/h1,3-4,7-14,19,26-27,29H,2,5-6,15-18H2;1H. The molecule has 2 aliphatic rings. The number of likely N-dealkylation sites (tertiary alicyclic amines) is 1. The normalized spacial score (nSPS) is 20.2. The molecule has 2 unspecified atom stereocenters. The van der Waals surface area contributed by atoms with E-state index in [0.717, 1.165) is 28.5 Å². The van der Waals surface area contributed by atoms with Gasteiger partial charge in [-0.1, -0.05) is 48.9 Å². The van der Waals surface area contributed by atoms with Crippen LogP contribution in [-0.4, -0.2) is 36.2 Å². The van der Waals surface area contributed by atoms with Gasteiger partial charge in [-0.05, 0) is 61.3 Å². The Kier molecular flexibility index (Phi) is 8.07. The average Bonchev–Trinajstić information content (AvgIpc) is 2.85. The SMILES string of the molecule is Cl.Oc1ccc2c(c1)OC(c1ccc(OCCN3CCCCC3)cc1)C(c1ccccc1)S2. The van der Waals surface area contributed by atoms with E-state index in [-0.39, 0.29) is 29.5 Å². The molecule has 1 saturated heterocycles. The molecule has 33 heavy (non-hydrogen) atoms. The van der Waals surface area contributed by atoms with Crippen LogP contribution in [0.2, 0.25) is 0 Å². The Hall–Kier alpha value is -2.34. The highest BCUT2D eigenvalue weighted by molar-refractivity contribution is 7.99. The molecule has 2 heterocycles. The van der Waals surface area contributed by atoms with Gasteiger partial charge in [-0.15, -0.1) is 24.2 Å². The quantitative estimate of drug-likeness (QED) is 0.425. The van der Waals surface area contributed by atoms with Crippen LogP contribution in [0.1, 0.15) is 41.7 Å². The van der Waals surface area contributed by atoms with Crippen molar-refractivity contribution in [1.29, 1.82) is 0 Å². The average molecular weight is 484 g/mol. The molecule has 0 aromatic heterocycles. The Bertz CT molecular complexity index is 1030. The van der Waals surface area contributed by atoms with Gasteiger partial charge in [0.25, 0.3) is 0 Å². The summed E-state index contributed by atoms with van der Waals surface area (Å²) in [6.45, 7) is 4.09. The highest BCUT2D eigenvalue weighted by Crippen LogP contribution is 2.53. The summed E-state index contributed by atoms with van der Waals surface area (Å²) in [4.78, 5) is 3.54. The molecule has 0 spiro atoms. The van der Waals surface area contributed by atoms with Gasteiger partial charge in [0.05, 0.1) is 10.1 Å². The summed E-state index contributed by atoms with van der Waals surface area (Å²) in [5, 5.41) is 10.1. The molecule has 5 rings (SSSR count). The Balaban J connectivity index is 0.00000259. The van der Waals surface area contributed by atoms with Crippen LogP contribution in [0.5, 0.6) is 17.2 Å². The first-order valence-electron chi connectivity index (χ1n) is 11.4. The summed E-state index contributed by atoms with van der Waals surface area (Å²) in [5.41, 5.74) is 2.33. The maximum Gasteiger partial charge on any atom is 0.140 e. The van der Waals surface area contributed by atoms with Crippen LogP contribution in [0.25, 0.3) is 0 Å². The Morgan fingerprint density at radius 3 is 2.42 bits per heavy atom.